The molecule has 0 radical (unpaired) electrons. The lowest BCUT2D eigenvalue weighted by Gasteiger charge is -2.15. The molecule has 0 atom stereocenters. The molecular weight excluding hydrogens is 817 g/mol. The Hall–Kier alpha value is -4.65. The molecule has 4 rings (SSSR count). The first-order valence-corrected chi connectivity index (χ1v) is 24.5. The molecule has 1 fully saturated rings. The molecule has 12 nitrogen and oxygen atoms in total. The zero-order valence-electron chi connectivity index (χ0n) is 41.4. The number of hydrogen-bond acceptors (Lipinski definition) is 9. The Bertz CT molecular complexity index is 1700. The third-order valence-corrected chi connectivity index (χ3v) is 10.8. The summed E-state index contributed by atoms with van der Waals surface area (Å²) in [5.74, 6) is 3.26. The molecule has 0 aromatic heterocycles. The summed E-state index contributed by atoms with van der Waals surface area (Å²) in [4.78, 5) is 39.9. The minimum absolute atomic E-state index is 0.100. The van der Waals surface area contributed by atoms with Crippen molar-refractivity contribution in [3.05, 3.63) is 89.5 Å². The van der Waals surface area contributed by atoms with Gasteiger partial charge in [0, 0.05) is 41.3 Å². The van der Waals surface area contributed by atoms with E-state index < -0.39 is 0 Å². The first kappa shape index (κ1) is 56.5. The fraction of sp³-hybridized carbons (Fsp3) is 0.604. The lowest BCUT2D eigenvalue weighted by molar-refractivity contribution is -0.129. The molecule has 3 amide bonds. The number of carbonyl (C=O) groups is 3. The van der Waals surface area contributed by atoms with Gasteiger partial charge in [-0.3, -0.25) is 14.4 Å². The van der Waals surface area contributed by atoms with Crippen LogP contribution in [0.1, 0.15) is 108 Å². The van der Waals surface area contributed by atoms with Crippen LogP contribution in [0.4, 0.5) is 0 Å². The van der Waals surface area contributed by atoms with E-state index in [1.54, 1.807) is 38.0 Å². The third kappa shape index (κ3) is 28.1. The van der Waals surface area contributed by atoms with Crippen LogP contribution in [-0.4, -0.2) is 133 Å². The normalized spacial score (nSPS) is 11.8. The molecule has 3 aromatic carbocycles. The maximum atomic E-state index is 11.9. The molecule has 1 aliphatic heterocycles. The topological polar surface area (TPSA) is 125 Å². The first-order chi connectivity index (χ1) is 31.6. The summed E-state index contributed by atoms with van der Waals surface area (Å²) in [5.41, 5.74) is 3.71. The Morgan fingerprint density at radius 1 is 0.508 bits per heavy atom. The minimum atomic E-state index is 0.100. The van der Waals surface area contributed by atoms with Gasteiger partial charge in [0.25, 0.3) is 0 Å². The number of likely N-dealkylation sites (N-methyl/N-ethyl adjacent to an activating group) is 2. The molecular formula is C53H86N6O6. The number of nitrogens with one attached hydrogen (secondary N) is 3. The highest BCUT2D eigenvalue weighted by atomic mass is 16.5. The van der Waals surface area contributed by atoms with Crippen LogP contribution in [0.2, 0.25) is 0 Å². The largest absolute Gasteiger partial charge is 0.494 e. The lowest BCUT2D eigenvalue weighted by atomic mass is 10.1. The van der Waals surface area contributed by atoms with E-state index >= 15 is 0 Å². The van der Waals surface area contributed by atoms with Crippen LogP contribution in [-0.2, 0) is 33.6 Å². The molecule has 1 heterocycles. The first-order valence-electron chi connectivity index (χ1n) is 24.5. The molecule has 0 saturated carbocycles. The van der Waals surface area contributed by atoms with Crippen molar-refractivity contribution >= 4 is 17.7 Å². The van der Waals surface area contributed by atoms with E-state index in [4.69, 9.17) is 14.2 Å². The summed E-state index contributed by atoms with van der Waals surface area (Å²) in [7, 11) is 7.07. The highest BCUT2D eigenvalue weighted by molar-refractivity contribution is 5.78. The number of nitrogens with zero attached hydrogens (tertiary/aromatic N) is 3. The molecule has 1 aliphatic rings. The van der Waals surface area contributed by atoms with Crippen molar-refractivity contribution < 1.29 is 28.6 Å². The van der Waals surface area contributed by atoms with Crippen LogP contribution < -0.4 is 30.2 Å². The molecule has 65 heavy (non-hydrogen) atoms. The number of rotatable bonds is 30. The molecule has 364 valence electrons. The fourth-order valence-corrected chi connectivity index (χ4v) is 6.65. The Labute approximate surface area is 393 Å². The molecule has 1 saturated heterocycles. The zero-order chi connectivity index (χ0) is 47.3. The molecule has 0 bridgehead atoms. The van der Waals surface area contributed by atoms with Crippen molar-refractivity contribution in [3.8, 4) is 17.2 Å². The van der Waals surface area contributed by atoms with E-state index in [1.807, 2.05) is 41.3 Å². The Kier molecular flexibility index (Phi) is 31.8. The number of ether oxygens (including phenoxy) is 3. The van der Waals surface area contributed by atoms with Crippen molar-refractivity contribution in [2.24, 2.45) is 0 Å². The summed E-state index contributed by atoms with van der Waals surface area (Å²) in [6.45, 7) is 14.4. The van der Waals surface area contributed by atoms with Gasteiger partial charge in [-0.1, -0.05) is 95.7 Å². The smallest absolute Gasteiger partial charge is 0.236 e. The highest BCUT2D eigenvalue weighted by Crippen LogP contribution is 2.17. The van der Waals surface area contributed by atoms with Crippen LogP contribution in [0, 0.1) is 0 Å². The quantitative estimate of drug-likeness (QED) is 0.0572. The van der Waals surface area contributed by atoms with E-state index in [0.29, 0.717) is 19.6 Å². The lowest BCUT2D eigenvalue weighted by Crippen LogP contribution is -2.36. The molecule has 0 aliphatic carbocycles. The second-order valence-corrected chi connectivity index (χ2v) is 17.1. The van der Waals surface area contributed by atoms with Gasteiger partial charge in [0.05, 0.1) is 39.5 Å². The predicted molar refractivity (Wildman–Crippen MR) is 267 cm³/mol. The average molecular weight is 903 g/mol. The Morgan fingerprint density at radius 2 is 0.877 bits per heavy atom. The van der Waals surface area contributed by atoms with E-state index in [-0.39, 0.29) is 17.7 Å². The predicted octanol–water partition coefficient (Wildman–Crippen LogP) is 7.96. The molecule has 3 aromatic rings. The number of amides is 3. The van der Waals surface area contributed by atoms with E-state index in [1.165, 1.54) is 48.8 Å². The Morgan fingerprint density at radius 3 is 1.28 bits per heavy atom. The van der Waals surface area contributed by atoms with Crippen LogP contribution in [0.5, 0.6) is 17.2 Å². The van der Waals surface area contributed by atoms with Crippen molar-refractivity contribution in [2.45, 2.75) is 111 Å². The van der Waals surface area contributed by atoms with Gasteiger partial charge in [-0.15, -0.1) is 0 Å². The van der Waals surface area contributed by atoms with E-state index in [0.717, 1.165) is 128 Å². The van der Waals surface area contributed by atoms with Gasteiger partial charge in [-0.2, -0.15) is 0 Å². The molecule has 0 spiro atoms. The number of unbranched alkanes of at least 4 members (excludes halogenated alkanes) is 6. The monoisotopic (exact) mass is 903 g/mol. The van der Waals surface area contributed by atoms with Gasteiger partial charge < -0.3 is 44.9 Å². The summed E-state index contributed by atoms with van der Waals surface area (Å²) >= 11 is 0. The standard InChI is InChI=1S/C18H28N2O2.C18H30N2O2.C17H28N2O2/c1-2-3-13-22-17-8-6-7-16(14-17)9-10-19-15-18(21)20-11-4-5-12-20;1-4-5-6-7-13-22-17-10-8-9-16(14-17)11-12-19-15-18(21)20(2)3;1-4-5-6-12-21-16-9-7-8-15(13-16)10-11-18-14-17(20)19(2)3/h6-8,14,19H,2-5,9-13,15H2,1H3;8-10,14,19H,4-7,11-13,15H2,1-3H3;7-9,13,18H,4-6,10-12,14H2,1-3H3. The maximum absolute atomic E-state index is 11.9. The minimum Gasteiger partial charge on any atom is -0.494 e. The van der Waals surface area contributed by atoms with E-state index in [2.05, 4.69) is 73.1 Å². The fourth-order valence-electron chi connectivity index (χ4n) is 6.65. The van der Waals surface area contributed by atoms with E-state index in [9.17, 15) is 14.4 Å². The third-order valence-electron chi connectivity index (χ3n) is 10.8. The maximum Gasteiger partial charge on any atom is 0.236 e. The average Bonchev–Trinajstić information content (AvgIpc) is 3.86. The molecule has 0 unspecified atom stereocenters. The van der Waals surface area contributed by atoms with Crippen LogP contribution in [0.15, 0.2) is 72.8 Å². The van der Waals surface area contributed by atoms with Gasteiger partial charge in [0.15, 0.2) is 0 Å². The summed E-state index contributed by atoms with van der Waals surface area (Å²) < 4.78 is 17.2. The summed E-state index contributed by atoms with van der Waals surface area (Å²) in [5, 5.41) is 9.58. The summed E-state index contributed by atoms with van der Waals surface area (Å²) in [6, 6.07) is 24.7. The van der Waals surface area contributed by atoms with Crippen molar-refractivity contribution in [1.29, 1.82) is 0 Å². The zero-order valence-corrected chi connectivity index (χ0v) is 41.4. The van der Waals surface area contributed by atoms with Gasteiger partial charge >= 0.3 is 0 Å². The number of carbonyl (C=O) groups excluding carboxylic acids is 3. The number of benzene rings is 3. The van der Waals surface area contributed by atoms with Crippen LogP contribution in [0.3, 0.4) is 0 Å². The highest BCUT2D eigenvalue weighted by Gasteiger charge is 2.17. The summed E-state index contributed by atoms with van der Waals surface area (Å²) in [6.07, 6.45) is 15.6. The van der Waals surface area contributed by atoms with Crippen molar-refractivity contribution in [3.63, 3.8) is 0 Å². The van der Waals surface area contributed by atoms with Gasteiger partial charge in [0.1, 0.15) is 17.2 Å². The van der Waals surface area contributed by atoms with Gasteiger partial charge in [0.2, 0.25) is 17.7 Å². The molecule has 3 N–H and O–H groups in total. The second-order valence-electron chi connectivity index (χ2n) is 17.1. The second kappa shape index (κ2) is 36.6. The van der Waals surface area contributed by atoms with Crippen molar-refractivity contribution in [2.75, 3.05) is 100 Å². The Balaban J connectivity index is 0.000000335. The van der Waals surface area contributed by atoms with Crippen LogP contribution in [0.25, 0.3) is 0 Å². The SMILES string of the molecule is CCCCCCOc1cccc(CCNCC(=O)N(C)C)c1.CCCCCOc1cccc(CCNCC(=O)N(C)C)c1.CCCCOc1cccc(CCNCC(=O)N2CCCC2)c1. The molecule has 12 heteroatoms. The van der Waals surface area contributed by atoms with Gasteiger partial charge in [-0.05, 0) is 124 Å². The van der Waals surface area contributed by atoms with Crippen LogP contribution >= 0.6 is 0 Å². The van der Waals surface area contributed by atoms with Gasteiger partial charge in [-0.25, -0.2) is 0 Å². The number of hydrogen-bond donors (Lipinski definition) is 3. The van der Waals surface area contributed by atoms with Crippen molar-refractivity contribution in [1.82, 2.24) is 30.7 Å². The number of likely N-dealkylation sites (tertiary alicyclic amines) is 1.